The molecule has 0 amide bonds. The minimum atomic E-state index is -1.85. The van der Waals surface area contributed by atoms with Crippen molar-refractivity contribution in [3.05, 3.63) is 0 Å². The normalized spacial score (nSPS) is 16.0. The molecule has 22 heavy (non-hydrogen) atoms. The van der Waals surface area contributed by atoms with E-state index >= 15 is 0 Å². The van der Waals surface area contributed by atoms with Crippen molar-refractivity contribution in [1.29, 1.82) is 0 Å². The molecule has 0 aliphatic carbocycles. The predicted octanol–water partition coefficient (Wildman–Crippen LogP) is 6.27. The van der Waals surface area contributed by atoms with Crippen molar-refractivity contribution in [2.75, 3.05) is 0 Å². The fraction of sp³-hybridized carbons (Fsp3) is 1.00. The minimum absolute atomic E-state index is 0.0312. The van der Waals surface area contributed by atoms with Gasteiger partial charge >= 0.3 is 0 Å². The van der Waals surface area contributed by atoms with Crippen LogP contribution in [0.25, 0.3) is 0 Å². The van der Waals surface area contributed by atoms with E-state index in [1.807, 2.05) is 0 Å². The molecule has 2 nitrogen and oxygen atoms in total. The zero-order valence-corrected chi connectivity index (χ0v) is 20.2. The Morgan fingerprint density at radius 2 is 1.36 bits per heavy atom. The molecule has 0 aliphatic heterocycles. The Kier molecular flexibility index (Phi) is 8.31. The van der Waals surface area contributed by atoms with Gasteiger partial charge in [-0.25, -0.2) is 0 Å². The second-order valence-corrected chi connectivity index (χ2v) is 23.6. The molecule has 0 aliphatic rings. The first kappa shape index (κ1) is 22.6. The van der Waals surface area contributed by atoms with Crippen molar-refractivity contribution in [2.24, 2.45) is 0 Å². The van der Waals surface area contributed by atoms with E-state index in [2.05, 4.69) is 73.5 Å². The van der Waals surface area contributed by atoms with Gasteiger partial charge in [0.25, 0.3) is 0 Å². The fourth-order valence-corrected chi connectivity index (χ4v) is 13.9. The van der Waals surface area contributed by atoms with E-state index in [9.17, 15) is 0 Å². The maximum atomic E-state index is 6.74. The molecule has 5 heteroatoms. The highest BCUT2D eigenvalue weighted by molar-refractivity contribution is 6.80. The van der Waals surface area contributed by atoms with Gasteiger partial charge < -0.3 is 8.85 Å². The van der Waals surface area contributed by atoms with Gasteiger partial charge in [-0.05, 0) is 58.9 Å². The van der Waals surface area contributed by atoms with Crippen molar-refractivity contribution >= 4 is 24.7 Å². The summed E-state index contributed by atoms with van der Waals surface area (Å²) >= 11 is 0. The van der Waals surface area contributed by atoms with E-state index in [4.69, 9.17) is 8.85 Å². The monoisotopic (exact) mass is 362 g/mol. The highest BCUT2D eigenvalue weighted by Gasteiger charge is 2.41. The first-order valence-corrected chi connectivity index (χ1v) is 18.8. The van der Waals surface area contributed by atoms with Gasteiger partial charge in [-0.15, -0.1) is 0 Å². The Hall–Kier alpha value is 0.571. The van der Waals surface area contributed by atoms with E-state index in [-0.39, 0.29) is 5.60 Å². The Labute approximate surface area is 143 Å². The lowest BCUT2D eigenvalue weighted by Gasteiger charge is -2.42. The summed E-state index contributed by atoms with van der Waals surface area (Å²) in [7, 11) is -4.44. The molecule has 0 saturated carbocycles. The van der Waals surface area contributed by atoms with Gasteiger partial charge in [-0.2, -0.15) is 0 Å². The average Bonchev–Trinajstić information content (AvgIpc) is 2.31. The van der Waals surface area contributed by atoms with Crippen LogP contribution in [0, 0.1) is 0 Å². The van der Waals surface area contributed by atoms with Crippen LogP contribution < -0.4 is 0 Å². The molecule has 0 aromatic rings. The van der Waals surface area contributed by atoms with E-state index in [0.717, 1.165) is 12.8 Å². The van der Waals surface area contributed by atoms with Crippen LogP contribution in [0.5, 0.6) is 0 Å². The summed E-state index contributed by atoms with van der Waals surface area (Å²) in [6.07, 6.45) is 2.12. The minimum Gasteiger partial charge on any atom is -0.415 e. The molecule has 0 N–H and O–H groups in total. The van der Waals surface area contributed by atoms with Crippen molar-refractivity contribution in [1.82, 2.24) is 0 Å². The fourth-order valence-electron chi connectivity index (χ4n) is 2.69. The van der Waals surface area contributed by atoms with Gasteiger partial charge in [-0.3, -0.25) is 0 Å². The van der Waals surface area contributed by atoms with Gasteiger partial charge in [0.1, 0.15) is 0 Å². The molecule has 0 spiro atoms. The lowest BCUT2D eigenvalue weighted by molar-refractivity contribution is 0.0752. The van der Waals surface area contributed by atoms with E-state index in [1.165, 1.54) is 12.1 Å². The maximum absolute atomic E-state index is 6.74. The van der Waals surface area contributed by atoms with Crippen LogP contribution in [0.4, 0.5) is 0 Å². The summed E-state index contributed by atoms with van der Waals surface area (Å²) in [4.78, 5) is 0. The van der Waals surface area contributed by atoms with Crippen LogP contribution >= 0.6 is 0 Å². The molecular weight excluding hydrogens is 320 g/mol. The third-order valence-electron chi connectivity index (χ3n) is 4.48. The van der Waals surface area contributed by atoms with Gasteiger partial charge in [0.05, 0.1) is 11.3 Å². The standard InChI is InChI=1S/C17H42O2Si3/c1-12-16(22(10,11)19-17(3,4)13-2)18-21(8,9)15-14-20(5,6)7/h16H,12-15H2,1-11H3. The maximum Gasteiger partial charge on any atom is 0.214 e. The summed E-state index contributed by atoms with van der Waals surface area (Å²) in [5.41, 5.74) is 0.290. The van der Waals surface area contributed by atoms with Crippen LogP contribution in [0.2, 0.25) is 57.9 Å². The molecule has 0 heterocycles. The Bertz CT molecular complexity index is 333. The SMILES string of the molecule is CCC(O[Si](C)(C)CC[Si](C)(C)C)[Si](C)(C)OC(C)(C)CC. The molecule has 0 aromatic carbocycles. The van der Waals surface area contributed by atoms with Crippen LogP contribution in [-0.4, -0.2) is 36.0 Å². The first-order chi connectivity index (χ1) is 9.64. The van der Waals surface area contributed by atoms with Gasteiger partial charge in [0, 0.05) is 8.07 Å². The van der Waals surface area contributed by atoms with Crippen molar-refractivity contribution in [3.63, 3.8) is 0 Å². The zero-order chi connectivity index (χ0) is 17.8. The largest absolute Gasteiger partial charge is 0.415 e. The predicted molar refractivity (Wildman–Crippen MR) is 109 cm³/mol. The molecule has 0 fully saturated rings. The molecule has 134 valence electrons. The molecule has 0 rings (SSSR count). The van der Waals surface area contributed by atoms with Crippen LogP contribution in [0.15, 0.2) is 0 Å². The molecule has 1 unspecified atom stereocenters. The summed E-state index contributed by atoms with van der Waals surface area (Å²) in [6, 6.07) is 2.67. The molecule has 0 radical (unpaired) electrons. The van der Waals surface area contributed by atoms with Crippen LogP contribution in [0.1, 0.15) is 40.5 Å². The van der Waals surface area contributed by atoms with E-state index in [1.54, 1.807) is 0 Å². The summed E-state index contributed by atoms with van der Waals surface area (Å²) in [6.45, 7) is 25.7. The van der Waals surface area contributed by atoms with Gasteiger partial charge in [0.15, 0.2) is 8.32 Å². The average molecular weight is 363 g/mol. The van der Waals surface area contributed by atoms with E-state index in [0.29, 0.717) is 5.73 Å². The lowest BCUT2D eigenvalue weighted by Crippen LogP contribution is -2.54. The Morgan fingerprint density at radius 1 is 0.864 bits per heavy atom. The zero-order valence-electron chi connectivity index (χ0n) is 17.2. The highest BCUT2D eigenvalue weighted by atomic mass is 28.4. The first-order valence-electron chi connectivity index (χ1n) is 9.02. The molecule has 0 saturated heterocycles. The Balaban J connectivity index is 4.88. The van der Waals surface area contributed by atoms with Gasteiger partial charge in [-0.1, -0.05) is 39.5 Å². The highest BCUT2D eigenvalue weighted by Crippen LogP contribution is 2.30. The number of hydrogen-bond acceptors (Lipinski definition) is 2. The van der Waals surface area contributed by atoms with Crippen molar-refractivity contribution in [3.8, 4) is 0 Å². The molecule has 1 atom stereocenters. The van der Waals surface area contributed by atoms with Crippen LogP contribution in [0.3, 0.4) is 0 Å². The quantitative estimate of drug-likeness (QED) is 0.426. The van der Waals surface area contributed by atoms with Crippen molar-refractivity contribution in [2.45, 2.75) is 110 Å². The number of hydrogen-bond donors (Lipinski definition) is 0. The topological polar surface area (TPSA) is 18.5 Å². The smallest absolute Gasteiger partial charge is 0.214 e. The Morgan fingerprint density at radius 3 is 1.73 bits per heavy atom. The van der Waals surface area contributed by atoms with Gasteiger partial charge in [0.2, 0.25) is 8.32 Å². The summed E-state index contributed by atoms with van der Waals surface area (Å²) < 4.78 is 13.3. The lowest BCUT2D eigenvalue weighted by atomic mass is 10.1. The van der Waals surface area contributed by atoms with Crippen LogP contribution in [-0.2, 0) is 8.85 Å². The molecule has 0 aromatic heterocycles. The van der Waals surface area contributed by atoms with Crippen molar-refractivity contribution < 1.29 is 8.85 Å². The van der Waals surface area contributed by atoms with E-state index < -0.39 is 24.7 Å². The third-order valence-corrected chi connectivity index (χ3v) is 12.5. The molecule has 0 bridgehead atoms. The number of rotatable bonds is 10. The summed E-state index contributed by atoms with van der Waals surface area (Å²) in [5, 5.41) is 0. The second-order valence-electron chi connectivity index (χ2n) is 9.65. The third kappa shape index (κ3) is 9.01. The molecular formula is C17H42O2Si3. The summed E-state index contributed by atoms with van der Waals surface area (Å²) in [5.74, 6) is 0. The second kappa shape index (κ2) is 8.10.